The number of thioether (sulfide) groups is 1. The van der Waals surface area contributed by atoms with Crippen molar-refractivity contribution in [3.05, 3.63) is 11.6 Å². The normalized spacial score (nSPS) is 33.5. The quantitative estimate of drug-likeness (QED) is 0.100. The van der Waals surface area contributed by atoms with E-state index in [1.54, 1.807) is 17.3 Å². The van der Waals surface area contributed by atoms with Crippen LogP contribution in [0.5, 0.6) is 0 Å². The molecule has 0 aromatic rings. The Labute approximate surface area is 273 Å². The van der Waals surface area contributed by atoms with E-state index < -0.39 is 0 Å². The highest BCUT2D eigenvalue weighted by Gasteiger charge is 2.58. The summed E-state index contributed by atoms with van der Waals surface area (Å²) >= 11 is 1.73. The van der Waals surface area contributed by atoms with Crippen LogP contribution in [0.1, 0.15) is 201 Å². The molecule has 3 fully saturated rings. The number of unbranched alkanes of at least 4 members (excludes halogenated alkanes) is 15. The van der Waals surface area contributed by atoms with Crippen molar-refractivity contribution < 1.29 is 4.79 Å². The number of rotatable bonds is 20. The second-order valence-electron chi connectivity index (χ2n) is 16.3. The van der Waals surface area contributed by atoms with E-state index in [4.69, 9.17) is 0 Å². The summed E-state index contributed by atoms with van der Waals surface area (Å²) < 4.78 is 0. The Morgan fingerprint density at radius 2 is 1.33 bits per heavy atom. The predicted molar refractivity (Wildman–Crippen MR) is 191 cm³/mol. The molecule has 1 nitrogen and oxygen atoms in total. The van der Waals surface area contributed by atoms with E-state index in [0.717, 1.165) is 36.5 Å². The second kappa shape index (κ2) is 18.2. The van der Waals surface area contributed by atoms with Crippen molar-refractivity contribution in [1.29, 1.82) is 0 Å². The maximum absolute atomic E-state index is 12.9. The SMILES string of the molecule is CCCCCCCCCCCCCC(=O)SC1CCC2(C)C(=CCC3C2CCC2(C)C(CCCCCCCC)CCC32)C1. The number of hydrogen-bond donors (Lipinski definition) is 0. The van der Waals surface area contributed by atoms with Crippen LogP contribution in [0, 0.1) is 34.5 Å². The molecule has 0 heterocycles. The van der Waals surface area contributed by atoms with Crippen LogP contribution in [0.25, 0.3) is 0 Å². The van der Waals surface area contributed by atoms with Gasteiger partial charge in [0, 0.05) is 11.7 Å². The molecule has 0 radical (unpaired) electrons. The van der Waals surface area contributed by atoms with Gasteiger partial charge in [-0.15, -0.1) is 0 Å². The van der Waals surface area contributed by atoms with E-state index in [1.165, 1.54) is 161 Å². The molecule has 0 aromatic heterocycles. The predicted octanol–water partition coefficient (Wildman–Crippen LogP) is 13.6. The topological polar surface area (TPSA) is 17.1 Å². The minimum absolute atomic E-state index is 0.414. The Balaban J connectivity index is 1.16. The highest BCUT2D eigenvalue weighted by atomic mass is 32.2. The molecular formula is C41H72OS. The highest BCUT2D eigenvalue weighted by Crippen LogP contribution is 2.67. The van der Waals surface area contributed by atoms with Gasteiger partial charge in [-0.1, -0.05) is 154 Å². The van der Waals surface area contributed by atoms with E-state index in [9.17, 15) is 4.79 Å². The van der Waals surface area contributed by atoms with Gasteiger partial charge in [0.2, 0.25) is 0 Å². The van der Waals surface area contributed by atoms with Crippen LogP contribution in [0.15, 0.2) is 11.6 Å². The summed E-state index contributed by atoms with van der Waals surface area (Å²) in [5.41, 5.74) is 2.78. The molecule has 0 amide bonds. The van der Waals surface area contributed by atoms with Crippen LogP contribution >= 0.6 is 11.8 Å². The zero-order valence-corrected chi connectivity index (χ0v) is 30.2. The molecule has 0 N–H and O–H groups in total. The molecular weight excluding hydrogens is 541 g/mol. The lowest BCUT2D eigenvalue weighted by molar-refractivity contribution is -0.111. The summed E-state index contributed by atoms with van der Waals surface area (Å²) in [5, 5.41) is 1.02. The lowest BCUT2D eigenvalue weighted by Crippen LogP contribution is -2.50. The molecule has 0 bridgehead atoms. The van der Waals surface area contributed by atoms with Crippen molar-refractivity contribution in [3.8, 4) is 0 Å². The minimum atomic E-state index is 0.414. The molecule has 4 aliphatic carbocycles. The van der Waals surface area contributed by atoms with Crippen LogP contribution in [0.4, 0.5) is 0 Å². The summed E-state index contributed by atoms with van der Waals surface area (Å²) in [6.07, 6.45) is 39.6. The first-order chi connectivity index (χ1) is 20.9. The van der Waals surface area contributed by atoms with Crippen molar-refractivity contribution in [3.63, 3.8) is 0 Å². The third-order valence-electron chi connectivity index (χ3n) is 13.4. The summed E-state index contributed by atoms with van der Waals surface area (Å²) in [5.74, 6) is 3.78. The first-order valence-electron chi connectivity index (χ1n) is 19.8. The van der Waals surface area contributed by atoms with Gasteiger partial charge in [0.05, 0.1) is 0 Å². The average Bonchev–Trinajstić information content (AvgIpc) is 3.34. The summed E-state index contributed by atoms with van der Waals surface area (Å²) in [4.78, 5) is 12.9. The minimum Gasteiger partial charge on any atom is -0.287 e. The Kier molecular flexibility index (Phi) is 15.1. The second-order valence-corrected chi connectivity index (χ2v) is 17.6. The van der Waals surface area contributed by atoms with E-state index in [0.29, 0.717) is 21.2 Å². The van der Waals surface area contributed by atoms with Crippen molar-refractivity contribution in [2.45, 2.75) is 206 Å². The standard InChI is InChI=1S/C41H72OS/c1-5-7-9-11-13-14-15-16-17-19-21-23-39(42)43-35-28-30-41(4)34(32-35)24-26-36-37-27-25-33(22-20-18-12-10-8-6-2)40(37,3)31-29-38(36)41/h24,33,35-38H,5-23,25-32H2,1-4H3. The molecule has 0 aromatic carbocycles. The largest absolute Gasteiger partial charge is 0.287 e. The molecule has 0 aliphatic heterocycles. The van der Waals surface area contributed by atoms with E-state index in [2.05, 4.69) is 33.8 Å². The van der Waals surface area contributed by atoms with Gasteiger partial charge in [-0.25, -0.2) is 0 Å². The summed E-state index contributed by atoms with van der Waals surface area (Å²) in [6.45, 7) is 9.99. The summed E-state index contributed by atoms with van der Waals surface area (Å²) in [7, 11) is 0. The fourth-order valence-electron chi connectivity index (χ4n) is 10.7. The lowest BCUT2D eigenvalue weighted by Gasteiger charge is -2.58. The molecule has 3 saturated carbocycles. The smallest absolute Gasteiger partial charge is 0.189 e. The van der Waals surface area contributed by atoms with E-state index >= 15 is 0 Å². The van der Waals surface area contributed by atoms with Crippen LogP contribution in [-0.2, 0) is 4.79 Å². The van der Waals surface area contributed by atoms with Crippen LogP contribution in [-0.4, -0.2) is 10.4 Å². The number of allylic oxidation sites excluding steroid dienone is 2. The zero-order chi connectivity index (χ0) is 30.5. The van der Waals surface area contributed by atoms with Gasteiger partial charge < -0.3 is 0 Å². The Hall–Kier alpha value is -0.240. The lowest BCUT2D eigenvalue weighted by atomic mass is 9.47. The fourth-order valence-corrected chi connectivity index (χ4v) is 11.8. The molecule has 7 atom stereocenters. The molecule has 4 rings (SSSR count). The van der Waals surface area contributed by atoms with E-state index in [-0.39, 0.29) is 0 Å². The van der Waals surface area contributed by atoms with Crippen molar-refractivity contribution in [1.82, 2.24) is 0 Å². The van der Waals surface area contributed by atoms with Gasteiger partial charge >= 0.3 is 0 Å². The van der Waals surface area contributed by atoms with Gasteiger partial charge in [-0.3, -0.25) is 4.79 Å². The number of carbonyl (C=O) groups is 1. The molecule has 2 heteroatoms. The Morgan fingerprint density at radius 1 is 0.721 bits per heavy atom. The molecule has 4 aliphatic rings. The molecule has 7 unspecified atom stereocenters. The van der Waals surface area contributed by atoms with Gasteiger partial charge in [-0.2, -0.15) is 0 Å². The highest BCUT2D eigenvalue weighted by molar-refractivity contribution is 8.14. The van der Waals surface area contributed by atoms with Gasteiger partial charge in [0.15, 0.2) is 5.12 Å². The molecule has 0 saturated heterocycles. The van der Waals surface area contributed by atoms with Gasteiger partial charge in [0.25, 0.3) is 0 Å². The third-order valence-corrected chi connectivity index (χ3v) is 14.6. The monoisotopic (exact) mass is 613 g/mol. The van der Waals surface area contributed by atoms with Crippen LogP contribution < -0.4 is 0 Å². The summed E-state index contributed by atoms with van der Waals surface area (Å²) in [6, 6.07) is 0. The number of fused-ring (bicyclic) bond motifs is 5. The third kappa shape index (κ3) is 9.64. The maximum Gasteiger partial charge on any atom is 0.189 e. The Morgan fingerprint density at radius 3 is 1.98 bits per heavy atom. The zero-order valence-electron chi connectivity index (χ0n) is 29.4. The van der Waals surface area contributed by atoms with Crippen LogP contribution in [0.3, 0.4) is 0 Å². The van der Waals surface area contributed by atoms with Gasteiger partial charge in [-0.05, 0) is 98.7 Å². The Bertz CT molecular complexity index is 847. The first-order valence-corrected chi connectivity index (χ1v) is 20.7. The number of hydrogen-bond acceptors (Lipinski definition) is 2. The number of carbonyl (C=O) groups excluding carboxylic acids is 1. The van der Waals surface area contributed by atoms with Crippen molar-refractivity contribution in [2.24, 2.45) is 34.5 Å². The van der Waals surface area contributed by atoms with E-state index in [1.807, 2.05) is 0 Å². The molecule has 0 spiro atoms. The van der Waals surface area contributed by atoms with Gasteiger partial charge in [0.1, 0.15) is 0 Å². The van der Waals surface area contributed by atoms with Crippen molar-refractivity contribution >= 4 is 16.9 Å². The first kappa shape index (κ1) is 35.6. The average molecular weight is 613 g/mol. The fraction of sp³-hybridized carbons (Fsp3) is 0.927. The van der Waals surface area contributed by atoms with Crippen LogP contribution in [0.2, 0.25) is 0 Å². The molecule has 43 heavy (non-hydrogen) atoms. The molecule has 248 valence electrons. The maximum atomic E-state index is 12.9. The van der Waals surface area contributed by atoms with Crippen molar-refractivity contribution in [2.75, 3.05) is 0 Å².